The van der Waals surface area contributed by atoms with Gasteiger partial charge in [-0.05, 0) is 0 Å². The quantitative estimate of drug-likeness (QED) is 0.735. The van der Waals surface area contributed by atoms with Gasteiger partial charge in [-0.3, -0.25) is 0 Å². The zero-order valence-electron chi connectivity index (χ0n) is 4.80. The third-order valence-corrected chi connectivity index (χ3v) is 1.35. The van der Waals surface area contributed by atoms with E-state index in [4.69, 9.17) is 0 Å². The molecule has 0 bridgehead atoms. The molecule has 0 fully saturated rings. The molecule has 1 aromatic heterocycles. The fraction of sp³-hybridized carbons (Fsp3) is 0.250. The van der Waals surface area contributed by atoms with Crippen LogP contribution in [0.25, 0.3) is 0 Å². The molecule has 0 saturated heterocycles. The van der Waals surface area contributed by atoms with Gasteiger partial charge >= 0.3 is 69.2 Å². The Morgan fingerprint density at radius 1 is 1.90 bits per heavy atom. The molecule has 0 aliphatic heterocycles. The molecule has 0 spiro atoms. The molecule has 0 radical (unpaired) electrons. The van der Waals surface area contributed by atoms with Gasteiger partial charge < -0.3 is 0 Å². The molecule has 1 N–H and O–H groups in total. The number of carbonyl (C=O) groups excluding carboxylic acids is 1. The van der Waals surface area contributed by atoms with Crippen LogP contribution in [0.1, 0.15) is 5.69 Å². The molecule has 5 nitrogen and oxygen atoms in total. The third kappa shape index (κ3) is 1.94. The molecule has 0 aliphatic carbocycles. The number of hydrogen-bond acceptors (Lipinski definition) is 4. The van der Waals surface area contributed by atoms with Crippen LogP contribution in [-0.2, 0) is 35.9 Å². The van der Waals surface area contributed by atoms with Crippen LogP contribution >= 0.6 is 0 Å². The molecule has 0 saturated carbocycles. The summed E-state index contributed by atoms with van der Waals surface area (Å²) in [6.45, 7) is 0. The van der Waals surface area contributed by atoms with Crippen molar-refractivity contribution in [3.8, 4) is 0 Å². The summed E-state index contributed by atoms with van der Waals surface area (Å²) in [5.74, 6) is -0.336. The van der Waals surface area contributed by atoms with E-state index in [1.54, 1.807) is 27.7 Å². The van der Waals surface area contributed by atoms with Crippen molar-refractivity contribution in [1.29, 1.82) is 0 Å². The summed E-state index contributed by atoms with van der Waals surface area (Å²) < 4.78 is 4.35. The van der Waals surface area contributed by atoms with Crippen LogP contribution < -0.4 is 0 Å². The Hall–Kier alpha value is -0.650. The van der Waals surface area contributed by atoms with E-state index in [-0.39, 0.29) is 12.4 Å². The van der Waals surface area contributed by atoms with Crippen molar-refractivity contribution in [2.75, 3.05) is 0 Å². The van der Waals surface area contributed by atoms with Gasteiger partial charge in [-0.1, -0.05) is 0 Å². The van der Waals surface area contributed by atoms with Crippen LogP contribution in [0.2, 0.25) is 0 Å². The van der Waals surface area contributed by atoms with Gasteiger partial charge in [-0.2, -0.15) is 0 Å². The van der Waals surface area contributed by atoms with E-state index < -0.39 is 0 Å². The molecular formula is C4H4AuN3O2. The minimum atomic E-state index is -0.336. The van der Waals surface area contributed by atoms with Crippen molar-refractivity contribution in [3.05, 3.63) is 11.9 Å². The fourth-order valence-corrected chi connectivity index (χ4v) is 0.638. The number of nitrogens with zero attached hydrogens (tertiary/aromatic N) is 2. The number of hydrogen-bond donors (Lipinski definition) is 1. The minimum absolute atomic E-state index is 0.160. The molecular weight excluding hydrogens is 319 g/mol. The summed E-state index contributed by atoms with van der Waals surface area (Å²) in [5.41, 5.74) is 0.581. The maximum absolute atomic E-state index is 10.6. The van der Waals surface area contributed by atoms with Gasteiger partial charge in [-0.25, -0.2) is 0 Å². The topological polar surface area (TPSA) is 67.9 Å². The summed E-state index contributed by atoms with van der Waals surface area (Å²) in [7, 11) is 0. The van der Waals surface area contributed by atoms with Gasteiger partial charge in [0.25, 0.3) is 0 Å². The number of nitrogens with one attached hydrogen (secondary N) is 1. The van der Waals surface area contributed by atoms with E-state index in [1.807, 2.05) is 0 Å². The van der Waals surface area contributed by atoms with Gasteiger partial charge in [0.15, 0.2) is 0 Å². The second-order valence-corrected chi connectivity index (χ2v) is 2.02. The number of rotatable bonds is 2. The SMILES string of the molecule is O=C(Cc1c[nH]nn1)[O][Au]. The summed E-state index contributed by atoms with van der Waals surface area (Å²) in [6.07, 6.45) is 1.71. The number of H-pyrrole nitrogens is 1. The standard InChI is InChI=1S/C4H5N3O2.Au/c8-4(9)1-3-2-5-7-6-3;/h2H,1H2,(H,8,9)(H,5,6,7);/q;+1/p-1. The molecule has 0 atom stereocenters. The van der Waals surface area contributed by atoms with Gasteiger partial charge in [0.05, 0.1) is 0 Å². The predicted octanol–water partition coefficient (Wildman–Crippen LogP) is -0.648. The van der Waals surface area contributed by atoms with Crippen molar-refractivity contribution in [2.45, 2.75) is 6.42 Å². The Bertz CT molecular complexity index is 210. The fourth-order valence-electron chi connectivity index (χ4n) is 0.481. The number of aromatic amines is 1. The first-order valence-electron chi connectivity index (χ1n) is 2.46. The van der Waals surface area contributed by atoms with Gasteiger partial charge in [0.1, 0.15) is 0 Å². The third-order valence-electron chi connectivity index (χ3n) is 0.861. The summed E-state index contributed by atoms with van der Waals surface area (Å²) >= 11 is 1.70. The monoisotopic (exact) mass is 323 g/mol. The van der Waals surface area contributed by atoms with Crippen molar-refractivity contribution < 1.29 is 29.5 Å². The second-order valence-electron chi connectivity index (χ2n) is 1.58. The molecule has 1 aromatic rings. The van der Waals surface area contributed by atoms with E-state index in [2.05, 4.69) is 18.7 Å². The molecule has 1 rings (SSSR count). The van der Waals surface area contributed by atoms with Gasteiger partial charge in [0, 0.05) is 0 Å². The normalized spacial score (nSPS) is 9.40. The Labute approximate surface area is 69.6 Å². The second kappa shape index (κ2) is 3.50. The average Bonchev–Trinajstić information content (AvgIpc) is 2.40. The van der Waals surface area contributed by atoms with Crippen molar-refractivity contribution >= 4 is 5.97 Å². The Balaban J connectivity index is 2.48. The van der Waals surface area contributed by atoms with Gasteiger partial charge in [0.2, 0.25) is 0 Å². The van der Waals surface area contributed by atoms with Crippen molar-refractivity contribution in [3.63, 3.8) is 0 Å². The van der Waals surface area contributed by atoms with E-state index in [0.29, 0.717) is 5.69 Å². The van der Waals surface area contributed by atoms with Crippen LogP contribution in [0, 0.1) is 0 Å². The van der Waals surface area contributed by atoms with Crippen molar-refractivity contribution in [2.24, 2.45) is 0 Å². The molecule has 58 valence electrons. The van der Waals surface area contributed by atoms with Gasteiger partial charge in [-0.15, -0.1) is 0 Å². The van der Waals surface area contributed by atoms with Crippen molar-refractivity contribution in [1.82, 2.24) is 15.4 Å². The van der Waals surface area contributed by atoms with Crippen LogP contribution in [0.3, 0.4) is 0 Å². The molecule has 1 heterocycles. The number of carbonyl (C=O) groups is 1. The number of aromatic nitrogens is 3. The first-order chi connectivity index (χ1) is 4.83. The average molecular weight is 323 g/mol. The maximum atomic E-state index is 10.6. The molecule has 6 heteroatoms. The summed E-state index contributed by atoms with van der Waals surface area (Å²) in [6, 6.07) is 0. The predicted molar refractivity (Wildman–Crippen MR) is 26.2 cm³/mol. The van der Waals surface area contributed by atoms with Crippen LogP contribution in [-0.4, -0.2) is 21.4 Å². The first-order valence-corrected chi connectivity index (χ1v) is 3.35. The van der Waals surface area contributed by atoms with Crippen LogP contribution in [0.15, 0.2) is 6.20 Å². The Kier molecular flexibility index (Phi) is 2.61. The van der Waals surface area contributed by atoms with Crippen LogP contribution in [0.4, 0.5) is 0 Å². The first kappa shape index (κ1) is 7.46. The zero-order chi connectivity index (χ0) is 7.40. The van der Waals surface area contributed by atoms with E-state index in [0.717, 1.165) is 0 Å². The van der Waals surface area contributed by atoms with E-state index in [9.17, 15) is 4.79 Å². The van der Waals surface area contributed by atoms with Crippen LogP contribution in [0.5, 0.6) is 0 Å². The zero-order valence-corrected chi connectivity index (χ0v) is 6.96. The Morgan fingerprint density at radius 3 is 3.20 bits per heavy atom. The molecule has 0 aliphatic rings. The Morgan fingerprint density at radius 2 is 2.70 bits per heavy atom. The van der Waals surface area contributed by atoms with E-state index in [1.165, 1.54) is 0 Å². The summed E-state index contributed by atoms with van der Waals surface area (Å²) in [4.78, 5) is 10.6. The molecule has 0 aromatic carbocycles. The van der Waals surface area contributed by atoms with E-state index >= 15 is 0 Å². The summed E-state index contributed by atoms with van der Waals surface area (Å²) in [5, 5.41) is 9.50. The molecule has 0 unspecified atom stereocenters. The molecule has 10 heavy (non-hydrogen) atoms. The molecule has 0 amide bonds.